The summed E-state index contributed by atoms with van der Waals surface area (Å²) in [5.41, 5.74) is 2.08. The summed E-state index contributed by atoms with van der Waals surface area (Å²) in [6, 6.07) is 20.8. The standard InChI is InChI=1S/C26H27N3O4S/c1-3-28-22-17-21(27-25(30)16-15-19-11-7-5-8-12-19)24(18-23(22)29(4-2)26(28)31)34(32,33)20-13-9-6-10-14-20/h5-14,17-18H,3-4,15-16H2,1-2H3,(H,27,30). The molecular formula is C26H27N3O4S. The molecule has 1 N–H and O–H groups in total. The number of amides is 1. The van der Waals surface area contributed by atoms with Crippen LogP contribution in [-0.4, -0.2) is 23.5 Å². The van der Waals surface area contributed by atoms with Gasteiger partial charge >= 0.3 is 5.69 Å². The highest BCUT2D eigenvalue weighted by atomic mass is 32.2. The van der Waals surface area contributed by atoms with Gasteiger partial charge in [-0.15, -0.1) is 0 Å². The first-order chi connectivity index (χ1) is 16.4. The number of benzene rings is 3. The van der Waals surface area contributed by atoms with Crippen molar-refractivity contribution in [2.45, 2.75) is 49.6 Å². The van der Waals surface area contributed by atoms with Gasteiger partial charge < -0.3 is 5.32 Å². The van der Waals surface area contributed by atoms with E-state index in [-0.39, 0.29) is 33.5 Å². The summed E-state index contributed by atoms with van der Waals surface area (Å²) in [5.74, 6) is -0.298. The minimum absolute atomic E-state index is 0.0327. The number of nitrogens with one attached hydrogen (secondary N) is 1. The Morgan fingerprint density at radius 2 is 1.41 bits per heavy atom. The number of aryl methyl sites for hydroxylation is 3. The lowest BCUT2D eigenvalue weighted by Gasteiger charge is -2.14. The van der Waals surface area contributed by atoms with E-state index in [0.717, 1.165) is 5.56 Å². The highest BCUT2D eigenvalue weighted by Gasteiger charge is 2.25. The van der Waals surface area contributed by atoms with Gasteiger partial charge in [0.05, 0.1) is 26.5 Å². The first-order valence-electron chi connectivity index (χ1n) is 11.3. The number of rotatable bonds is 8. The summed E-state index contributed by atoms with van der Waals surface area (Å²) < 4.78 is 30.3. The molecule has 0 saturated carbocycles. The molecule has 1 amide bonds. The van der Waals surface area contributed by atoms with E-state index in [1.54, 1.807) is 33.4 Å². The number of nitrogens with zero attached hydrogens (tertiary/aromatic N) is 2. The highest BCUT2D eigenvalue weighted by molar-refractivity contribution is 7.91. The normalized spacial score (nSPS) is 11.6. The maximum Gasteiger partial charge on any atom is 0.329 e. The van der Waals surface area contributed by atoms with Crippen molar-refractivity contribution in [1.82, 2.24) is 9.13 Å². The van der Waals surface area contributed by atoms with Gasteiger partial charge in [0.15, 0.2) is 0 Å². The molecule has 0 atom stereocenters. The van der Waals surface area contributed by atoms with Gasteiger partial charge in [0, 0.05) is 19.5 Å². The lowest BCUT2D eigenvalue weighted by atomic mass is 10.1. The minimum Gasteiger partial charge on any atom is -0.325 e. The molecule has 4 aromatic rings. The number of hydrogen-bond acceptors (Lipinski definition) is 4. The van der Waals surface area contributed by atoms with Crippen molar-refractivity contribution < 1.29 is 13.2 Å². The molecule has 1 heterocycles. The van der Waals surface area contributed by atoms with Crippen LogP contribution < -0.4 is 11.0 Å². The molecule has 0 fully saturated rings. The van der Waals surface area contributed by atoms with Crippen LogP contribution in [-0.2, 0) is 34.1 Å². The van der Waals surface area contributed by atoms with E-state index in [1.807, 2.05) is 44.2 Å². The second-order valence-corrected chi connectivity index (χ2v) is 9.88. The van der Waals surface area contributed by atoms with Gasteiger partial charge in [-0.05, 0) is 50.1 Å². The van der Waals surface area contributed by atoms with E-state index in [1.165, 1.54) is 18.2 Å². The van der Waals surface area contributed by atoms with Crippen molar-refractivity contribution in [2.75, 3.05) is 5.32 Å². The molecule has 1 aromatic heterocycles. The summed E-state index contributed by atoms with van der Waals surface area (Å²) >= 11 is 0. The van der Waals surface area contributed by atoms with Crippen molar-refractivity contribution >= 4 is 32.5 Å². The molecule has 0 radical (unpaired) electrons. The van der Waals surface area contributed by atoms with Gasteiger partial charge in [0.1, 0.15) is 0 Å². The summed E-state index contributed by atoms with van der Waals surface area (Å²) in [6.45, 7) is 4.52. The third-order valence-electron chi connectivity index (χ3n) is 5.85. The number of carbonyl (C=O) groups excluding carboxylic acids is 1. The van der Waals surface area contributed by atoms with Crippen LogP contribution in [0.2, 0.25) is 0 Å². The van der Waals surface area contributed by atoms with Crippen molar-refractivity contribution in [3.63, 3.8) is 0 Å². The molecule has 0 aliphatic rings. The number of sulfone groups is 1. The molecule has 176 valence electrons. The van der Waals surface area contributed by atoms with Gasteiger partial charge in [0.2, 0.25) is 15.7 Å². The fraction of sp³-hybridized carbons (Fsp3) is 0.231. The fourth-order valence-corrected chi connectivity index (χ4v) is 5.55. The van der Waals surface area contributed by atoms with Gasteiger partial charge in [-0.2, -0.15) is 0 Å². The van der Waals surface area contributed by atoms with Crippen LogP contribution in [0.3, 0.4) is 0 Å². The Bertz CT molecular complexity index is 1490. The maximum absolute atomic E-state index is 13.6. The van der Waals surface area contributed by atoms with E-state index in [2.05, 4.69) is 5.32 Å². The lowest BCUT2D eigenvalue weighted by Crippen LogP contribution is -2.23. The van der Waals surface area contributed by atoms with E-state index in [4.69, 9.17) is 0 Å². The first-order valence-corrected chi connectivity index (χ1v) is 12.8. The number of aromatic nitrogens is 2. The van der Waals surface area contributed by atoms with E-state index >= 15 is 0 Å². The summed E-state index contributed by atoms with van der Waals surface area (Å²) in [6.07, 6.45) is 0.727. The Hall–Kier alpha value is -3.65. The molecular weight excluding hydrogens is 450 g/mol. The monoisotopic (exact) mass is 477 g/mol. The molecule has 0 bridgehead atoms. The minimum atomic E-state index is -3.95. The first kappa shape index (κ1) is 23.5. The van der Waals surface area contributed by atoms with Gasteiger partial charge in [-0.25, -0.2) is 13.2 Å². The zero-order valence-corrected chi connectivity index (χ0v) is 20.0. The highest BCUT2D eigenvalue weighted by Crippen LogP contribution is 2.32. The summed E-state index contributed by atoms with van der Waals surface area (Å²) in [4.78, 5) is 25.8. The molecule has 0 unspecified atom stereocenters. The van der Waals surface area contributed by atoms with Crippen LogP contribution in [0.1, 0.15) is 25.8 Å². The number of anilines is 1. The second-order valence-electron chi connectivity index (χ2n) is 7.96. The molecule has 0 aliphatic heterocycles. The molecule has 3 aromatic carbocycles. The Kier molecular flexibility index (Phi) is 6.70. The predicted molar refractivity (Wildman–Crippen MR) is 133 cm³/mol. The molecule has 0 spiro atoms. The topological polar surface area (TPSA) is 90.2 Å². The maximum atomic E-state index is 13.6. The summed E-state index contributed by atoms with van der Waals surface area (Å²) in [5, 5.41) is 2.80. The molecule has 7 nitrogen and oxygen atoms in total. The third-order valence-corrected chi connectivity index (χ3v) is 7.66. The second kappa shape index (κ2) is 9.69. The Labute approximate surface area is 198 Å². The molecule has 34 heavy (non-hydrogen) atoms. The molecule has 0 aliphatic carbocycles. The Morgan fingerprint density at radius 3 is 2.00 bits per heavy atom. The third kappa shape index (κ3) is 4.41. The van der Waals surface area contributed by atoms with Gasteiger partial charge in [-0.1, -0.05) is 48.5 Å². The number of fused-ring (bicyclic) bond motifs is 1. The van der Waals surface area contributed by atoms with Crippen molar-refractivity contribution in [3.8, 4) is 0 Å². The van der Waals surface area contributed by atoms with Crippen LogP contribution >= 0.6 is 0 Å². The van der Waals surface area contributed by atoms with E-state index in [0.29, 0.717) is 30.5 Å². The SMILES string of the molecule is CCn1c(=O)n(CC)c2cc(S(=O)(=O)c3ccccc3)c(NC(=O)CCc3ccccc3)cc21. The summed E-state index contributed by atoms with van der Waals surface area (Å²) in [7, 11) is -3.95. The van der Waals surface area contributed by atoms with Crippen LogP contribution in [0.15, 0.2) is 87.4 Å². The fourth-order valence-electron chi connectivity index (χ4n) is 4.11. The Balaban J connectivity index is 1.82. The predicted octanol–water partition coefficient (Wildman–Crippen LogP) is 4.25. The van der Waals surface area contributed by atoms with Crippen molar-refractivity contribution in [1.29, 1.82) is 0 Å². The van der Waals surface area contributed by atoms with Crippen LogP contribution in [0.4, 0.5) is 5.69 Å². The largest absolute Gasteiger partial charge is 0.329 e. The quantitative estimate of drug-likeness (QED) is 0.411. The number of hydrogen-bond donors (Lipinski definition) is 1. The molecule has 8 heteroatoms. The van der Waals surface area contributed by atoms with Crippen LogP contribution in [0.25, 0.3) is 11.0 Å². The number of imidazole rings is 1. The molecule has 0 saturated heterocycles. The average Bonchev–Trinajstić information content (AvgIpc) is 3.12. The Morgan fingerprint density at radius 1 is 0.853 bits per heavy atom. The van der Waals surface area contributed by atoms with Crippen molar-refractivity contribution in [3.05, 3.63) is 88.8 Å². The average molecular weight is 478 g/mol. The zero-order chi connectivity index (χ0) is 24.3. The molecule has 4 rings (SSSR count). The lowest BCUT2D eigenvalue weighted by molar-refractivity contribution is -0.116. The smallest absolute Gasteiger partial charge is 0.325 e. The van der Waals surface area contributed by atoms with Crippen molar-refractivity contribution in [2.24, 2.45) is 0 Å². The van der Waals surface area contributed by atoms with E-state index in [9.17, 15) is 18.0 Å². The zero-order valence-electron chi connectivity index (χ0n) is 19.2. The van der Waals surface area contributed by atoms with Gasteiger partial charge in [0.25, 0.3) is 0 Å². The van der Waals surface area contributed by atoms with Crippen LogP contribution in [0.5, 0.6) is 0 Å². The van der Waals surface area contributed by atoms with Gasteiger partial charge in [-0.3, -0.25) is 13.9 Å². The van der Waals surface area contributed by atoms with Crippen LogP contribution in [0, 0.1) is 0 Å². The van der Waals surface area contributed by atoms with E-state index < -0.39 is 9.84 Å². The number of carbonyl (C=O) groups is 1.